The molecule has 0 aromatic heterocycles. The predicted molar refractivity (Wildman–Crippen MR) is 95.4 cm³/mol. The maximum Gasteiger partial charge on any atom is 0.260 e. The van der Waals surface area contributed by atoms with Gasteiger partial charge in [0.2, 0.25) is 0 Å². The maximum absolute atomic E-state index is 12.4. The van der Waals surface area contributed by atoms with Crippen LogP contribution in [0.2, 0.25) is 0 Å². The van der Waals surface area contributed by atoms with Crippen LogP contribution in [-0.4, -0.2) is 49.6 Å². The number of quaternary nitrogens is 1. The van der Waals surface area contributed by atoms with E-state index < -0.39 is 0 Å². The highest BCUT2D eigenvalue weighted by molar-refractivity contribution is 5.77. The van der Waals surface area contributed by atoms with Gasteiger partial charge < -0.3 is 14.5 Å². The van der Waals surface area contributed by atoms with Crippen molar-refractivity contribution in [3.63, 3.8) is 0 Å². The van der Waals surface area contributed by atoms with Crippen molar-refractivity contribution in [3.8, 4) is 5.75 Å². The van der Waals surface area contributed by atoms with Crippen LogP contribution in [0, 0.1) is 12.8 Å². The molecule has 1 aromatic carbocycles. The van der Waals surface area contributed by atoms with E-state index in [-0.39, 0.29) is 12.5 Å². The first-order valence-corrected chi connectivity index (χ1v) is 9.43. The van der Waals surface area contributed by atoms with Crippen molar-refractivity contribution >= 4 is 5.91 Å². The summed E-state index contributed by atoms with van der Waals surface area (Å²) in [6.45, 7) is 8.49. The number of amides is 1. The molecule has 2 atom stereocenters. The third-order valence-corrected chi connectivity index (χ3v) is 5.62. The molecular weight excluding hydrogens is 300 g/mol. The normalized spacial score (nSPS) is 25.5. The molecule has 24 heavy (non-hydrogen) atoms. The molecule has 1 amide bonds. The number of ether oxygens (including phenoxy) is 1. The van der Waals surface area contributed by atoms with E-state index in [9.17, 15) is 4.79 Å². The first-order chi connectivity index (χ1) is 11.6. The number of carbonyl (C=O) groups excluding carboxylic acids is 1. The van der Waals surface area contributed by atoms with E-state index in [0.717, 1.165) is 49.5 Å². The van der Waals surface area contributed by atoms with Crippen LogP contribution in [-0.2, 0) is 4.79 Å². The van der Waals surface area contributed by atoms with E-state index in [4.69, 9.17) is 4.74 Å². The molecule has 1 saturated heterocycles. The van der Waals surface area contributed by atoms with Gasteiger partial charge in [-0.2, -0.15) is 0 Å². The second-order valence-corrected chi connectivity index (χ2v) is 7.61. The number of benzene rings is 1. The van der Waals surface area contributed by atoms with Crippen LogP contribution in [0.4, 0.5) is 0 Å². The van der Waals surface area contributed by atoms with Gasteiger partial charge in [-0.05, 0) is 43.4 Å². The first kappa shape index (κ1) is 17.3. The molecule has 1 N–H and O–H groups in total. The van der Waals surface area contributed by atoms with Crippen molar-refractivity contribution in [3.05, 3.63) is 29.8 Å². The number of piperazine rings is 1. The van der Waals surface area contributed by atoms with Crippen LogP contribution < -0.4 is 9.64 Å². The lowest BCUT2D eigenvalue weighted by atomic mass is 9.86. The van der Waals surface area contributed by atoms with E-state index in [0.29, 0.717) is 0 Å². The van der Waals surface area contributed by atoms with E-state index in [2.05, 4.69) is 6.92 Å². The van der Waals surface area contributed by atoms with Crippen molar-refractivity contribution in [1.29, 1.82) is 0 Å². The van der Waals surface area contributed by atoms with Gasteiger partial charge in [0.05, 0.1) is 32.2 Å². The summed E-state index contributed by atoms with van der Waals surface area (Å²) in [7, 11) is 0. The van der Waals surface area contributed by atoms with Gasteiger partial charge >= 0.3 is 0 Å². The van der Waals surface area contributed by atoms with Gasteiger partial charge in [-0.25, -0.2) is 0 Å². The average Bonchev–Trinajstić information content (AvgIpc) is 2.60. The van der Waals surface area contributed by atoms with Gasteiger partial charge in [-0.15, -0.1) is 0 Å². The summed E-state index contributed by atoms with van der Waals surface area (Å²) in [4.78, 5) is 16.1. The highest BCUT2D eigenvalue weighted by Crippen LogP contribution is 2.22. The Labute approximate surface area is 145 Å². The minimum Gasteiger partial charge on any atom is -0.484 e. The smallest absolute Gasteiger partial charge is 0.260 e. The summed E-state index contributed by atoms with van der Waals surface area (Å²) in [6.07, 6.45) is 5.50. The first-order valence-electron chi connectivity index (χ1n) is 9.43. The second-order valence-electron chi connectivity index (χ2n) is 7.61. The Morgan fingerprint density at radius 1 is 1.29 bits per heavy atom. The Hall–Kier alpha value is -1.55. The van der Waals surface area contributed by atoms with Crippen molar-refractivity contribution in [1.82, 2.24) is 4.90 Å². The quantitative estimate of drug-likeness (QED) is 0.911. The van der Waals surface area contributed by atoms with Crippen LogP contribution in [0.1, 0.15) is 38.2 Å². The molecule has 0 radical (unpaired) electrons. The Bertz CT molecular complexity index is 552. The fraction of sp³-hybridized carbons (Fsp3) is 0.650. The van der Waals surface area contributed by atoms with Crippen molar-refractivity contribution in [2.45, 2.75) is 45.6 Å². The summed E-state index contributed by atoms with van der Waals surface area (Å²) >= 11 is 0. The topological polar surface area (TPSA) is 34.0 Å². The number of nitrogens with zero attached hydrogens (tertiary/aromatic N) is 1. The van der Waals surface area contributed by atoms with Crippen molar-refractivity contribution < 1.29 is 14.4 Å². The SMILES string of the molecule is Cc1cccc(OCC(=O)N2CC[NH+]([C@@H]3CCC[C@H](C)C3)CC2)c1. The molecule has 0 unspecified atom stereocenters. The Kier molecular flexibility index (Phi) is 5.77. The minimum atomic E-state index is 0.118. The molecule has 3 rings (SSSR count). The Morgan fingerprint density at radius 3 is 2.79 bits per heavy atom. The summed E-state index contributed by atoms with van der Waals surface area (Å²) in [6, 6.07) is 8.69. The molecule has 4 heteroatoms. The minimum absolute atomic E-state index is 0.118. The summed E-state index contributed by atoms with van der Waals surface area (Å²) in [5.74, 6) is 1.77. The van der Waals surface area contributed by atoms with Gasteiger partial charge in [0.1, 0.15) is 5.75 Å². The second kappa shape index (κ2) is 8.02. The van der Waals surface area contributed by atoms with Crippen LogP contribution >= 0.6 is 0 Å². The lowest BCUT2D eigenvalue weighted by molar-refractivity contribution is -0.930. The molecule has 1 saturated carbocycles. The lowest BCUT2D eigenvalue weighted by Gasteiger charge is -2.39. The van der Waals surface area contributed by atoms with Gasteiger partial charge in [0, 0.05) is 6.42 Å². The molecule has 132 valence electrons. The number of aryl methyl sites for hydroxylation is 1. The van der Waals surface area contributed by atoms with Crippen molar-refractivity contribution in [2.24, 2.45) is 5.92 Å². The number of hydrogen-bond acceptors (Lipinski definition) is 2. The molecule has 1 aliphatic heterocycles. The van der Waals surface area contributed by atoms with E-state index in [1.807, 2.05) is 36.1 Å². The van der Waals surface area contributed by atoms with Crippen LogP contribution in [0.3, 0.4) is 0 Å². The summed E-state index contributed by atoms with van der Waals surface area (Å²) in [5.41, 5.74) is 1.15. The van der Waals surface area contributed by atoms with Crippen LogP contribution in [0.5, 0.6) is 5.75 Å². The molecule has 1 aromatic rings. The van der Waals surface area contributed by atoms with E-state index in [1.165, 1.54) is 25.7 Å². The molecule has 1 aliphatic carbocycles. The van der Waals surface area contributed by atoms with Crippen molar-refractivity contribution in [2.75, 3.05) is 32.8 Å². The highest BCUT2D eigenvalue weighted by Gasteiger charge is 2.31. The third-order valence-electron chi connectivity index (χ3n) is 5.62. The van der Waals surface area contributed by atoms with Gasteiger partial charge in [0.25, 0.3) is 5.91 Å². The fourth-order valence-electron chi connectivity index (χ4n) is 4.20. The number of carbonyl (C=O) groups is 1. The predicted octanol–water partition coefficient (Wildman–Crippen LogP) is 1.68. The zero-order valence-corrected chi connectivity index (χ0v) is 15.1. The van der Waals surface area contributed by atoms with Gasteiger partial charge in [-0.1, -0.05) is 25.5 Å². The number of hydrogen-bond donors (Lipinski definition) is 1. The van der Waals surface area contributed by atoms with Crippen LogP contribution in [0.15, 0.2) is 24.3 Å². The molecule has 4 nitrogen and oxygen atoms in total. The zero-order chi connectivity index (χ0) is 16.9. The molecule has 2 fully saturated rings. The molecule has 0 bridgehead atoms. The summed E-state index contributed by atoms with van der Waals surface area (Å²) in [5, 5.41) is 0. The third kappa shape index (κ3) is 4.50. The van der Waals surface area contributed by atoms with E-state index >= 15 is 0 Å². The lowest BCUT2D eigenvalue weighted by Crippen LogP contribution is -3.18. The number of nitrogens with one attached hydrogen (secondary N) is 1. The van der Waals surface area contributed by atoms with E-state index in [1.54, 1.807) is 4.90 Å². The van der Waals surface area contributed by atoms with Gasteiger partial charge in [-0.3, -0.25) is 4.79 Å². The average molecular weight is 331 g/mol. The molecule has 2 aliphatic rings. The van der Waals surface area contributed by atoms with Gasteiger partial charge in [0.15, 0.2) is 6.61 Å². The zero-order valence-electron chi connectivity index (χ0n) is 15.1. The maximum atomic E-state index is 12.4. The standard InChI is InChI=1S/C20H30N2O2/c1-16-5-3-7-18(13-16)21-9-11-22(12-10-21)20(23)15-24-19-8-4-6-17(2)14-19/h4,6,8,14,16,18H,3,5,7,9-13,15H2,1-2H3/p+1/t16-,18+/m0/s1. The number of rotatable bonds is 4. The Balaban J connectivity index is 1.43. The molecule has 1 heterocycles. The van der Waals surface area contributed by atoms with Crippen LogP contribution in [0.25, 0.3) is 0 Å². The highest BCUT2D eigenvalue weighted by atomic mass is 16.5. The Morgan fingerprint density at radius 2 is 2.08 bits per heavy atom. The largest absolute Gasteiger partial charge is 0.484 e. The molecular formula is C20H31N2O2+. The monoisotopic (exact) mass is 331 g/mol. The summed E-state index contributed by atoms with van der Waals surface area (Å²) < 4.78 is 5.66. The molecule has 0 spiro atoms. The fourth-order valence-corrected chi connectivity index (χ4v) is 4.20.